The molecule has 2 aliphatic carbocycles. The van der Waals surface area contributed by atoms with Crippen LogP contribution >= 0.6 is 0 Å². The Hall–Kier alpha value is -1.80. The van der Waals surface area contributed by atoms with Crippen LogP contribution in [0.5, 0.6) is 0 Å². The van der Waals surface area contributed by atoms with Gasteiger partial charge < -0.3 is 4.52 Å². The highest BCUT2D eigenvalue weighted by Crippen LogP contribution is 2.69. The van der Waals surface area contributed by atoms with Crippen LogP contribution in [-0.2, 0) is 10.0 Å². The van der Waals surface area contributed by atoms with Gasteiger partial charge in [0.2, 0.25) is 5.89 Å². The highest BCUT2D eigenvalue weighted by Gasteiger charge is 2.61. The fraction of sp³-hybridized carbons (Fsp3) is 0.611. The SMILES string of the molecule is CC1(C)C(c2ccc(S(N)(=O)=O)nc2)C1c1noc(C2CCCCC2)n1. The Kier molecular flexibility index (Phi) is 4.15. The van der Waals surface area contributed by atoms with Gasteiger partial charge in [-0.1, -0.05) is 44.3 Å². The van der Waals surface area contributed by atoms with Gasteiger partial charge in [-0.05, 0) is 29.9 Å². The minimum Gasteiger partial charge on any atom is -0.339 e. The van der Waals surface area contributed by atoms with Gasteiger partial charge in [-0.3, -0.25) is 0 Å². The fourth-order valence-corrected chi connectivity index (χ4v) is 4.83. The zero-order chi connectivity index (χ0) is 18.5. The zero-order valence-corrected chi connectivity index (χ0v) is 15.9. The summed E-state index contributed by atoms with van der Waals surface area (Å²) in [6.07, 6.45) is 7.57. The molecule has 2 aromatic rings. The summed E-state index contributed by atoms with van der Waals surface area (Å²) >= 11 is 0. The first-order valence-electron chi connectivity index (χ1n) is 9.11. The molecule has 0 bridgehead atoms. The summed E-state index contributed by atoms with van der Waals surface area (Å²) in [5.41, 5.74) is 0.940. The van der Waals surface area contributed by atoms with Gasteiger partial charge in [0.25, 0.3) is 10.0 Å². The van der Waals surface area contributed by atoms with Crippen LogP contribution in [0.2, 0.25) is 0 Å². The molecule has 0 amide bonds. The Bertz CT molecular complexity index is 899. The Morgan fingerprint density at radius 3 is 2.50 bits per heavy atom. The van der Waals surface area contributed by atoms with Crippen molar-refractivity contribution >= 4 is 10.0 Å². The third-order valence-corrected chi connectivity index (χ3v) is 6.75. The second-order valence-corrected chi connectivity index (χ2v) is 9.59. The average Bonchev–Trinajstić information content (AvgIpc) is 2.95. The minimum atomic E-state index is -3.78. The number of nitrogens with zero attached hydrogens (tertiary/aromatic N) is 3. The van der Waals surface area contributed by atoms with E-state index in [2.05, 4.69) is 24.0 Å². The van der Waals surface area contributed by atoms with E-state index in [-0.39, 0.29) is 22.3 Å². The topological polar surface area (TPSA) is 112 Å². The number of sulfonamides is 1. The Morgan fingerprint density at radius 1 is 1.15 bits per heavy atom. The number of pyridine rings is 1. The van der Waals surface area contributed by atoms with Gasteiger partial charge >= 0.3 is 0 Å². The zero-order valence-electron chi connectivity index (χ0n) is 15.1. The van der Waals surface area contributed by atoms with Gasteiger partial charge in [0, 0.05) is 24.0 Å². The van der Waals surface area contributed by atoms with E-state index in [0.29, 0.717) is 5.92 Å². The molecule has 140 valence electrons. The van der Waals surface area contributed by atoms with Crippen molar-refractivity contribution in [1.82, 2.24) is 15.1 Å². The predicted octanol–water partition coefficient (Wildman–Crippen LogP) is 3.07. The van der Waals surface area contributed by atoms with Crippen LogP contribution in [-0.4, -0.2) is 23.5 Å². The molecule has 2 atom stereocenters. The highest BCUT2D eigenvalue weighted by atomic mass is 32.2. The maximum atomic E-state index is 11.4. The number of hydrogen-bond donors (Lipinski definition) is 1. The van der Waals surface area contributed by atoms with E-state index in [4.69, 9.17) is 14.6 Å². The molecule has 0 aliphatic heterocycles. The largest absolute Gasteiger partial charge is 0.339 e. The second-order valence-electron chi connectivity index (χ2n) is 8.08. The molecule has 2 unspecified atom stereocenters. The molecule has 2 saturated carbocycles. The van der Waals surface area contributed by atoms with E-state index < -0.39 is 10.0 Å². The lowest BCUT2D eigenvalue weighted by Crippen LogP contribution is -2.13. The lowest BCUT2D eigenvalue weighted by atomic mass is 9.89. The van der Waals surface area contributed by atoms with Gasteiger partial charge in [0.05, 0.1) is 0 Å². The minimum absolute atomic E-state index is 0.0293. The lowest BCUT2D eigenvalue weighted by Gasteiger charge is -2.17. The summed E-state index contributed by atoms with van der Waals surface area (Å²) < 4.78 is 28.3. The maximum Gasteiger partial charge on any atom is 0.255 e. The normalized spacial score (nSPS) is 26.0. The van der Waals surface area contributed by atoms with Gasteiger partial charge in [-0.25, -0.2) is 18.5 Å². The molecular formula is C18H24N4O3S. The summed E-state index contributed by atoms with van der Waals surface area (Å²) in [6.45, 7) is 4.32. The monoisotopic (exact) mass is 376 g/mol. The van der Waals surface area contributed by atoms with E-state index in [1.807, 2.05) is 0 Å². The van der Waals surface area contributed by atoms with E-state index in [1.54, 1.807) is 12.3 Å². The number of rotatable bonds is 4. The third-order valence-electron chi connectivity index (χ3n) is 5.93. The molecule has 0 spiro atoms. The van der Waals surface area contributed by atoms with Gasteiger partial charge in [0.1, 0.15) is 0 Å². The van der Waals surface area contributed by atoms with Crippen molar-refractivity contribution in [3.05, 3.63) is 35.6 Å². The van der Waals surface area contributed by atoms with Crippen LogP contribution in [0.3, 0.4) is 0 Å². The van der Waals surface area contributed by atoms with Crippen LogP contribution in [0, 0.1) is 5.41 Å². The molecule has 0 radical (unpaired) electrons. The Balaban J connectivity index is 1.55. The van der Waals surface area contributed by atoms with Crippen molar-refractivity contribution in [1.29, 1.82) is 0 Å². The van der Waals surface area contributed by atoms with E-state index in [0.717, 1.165) is 30.1 Å². The first-order chi connectivity index (χ1) is 12.3. The summed E-state index contributed by atoms with van der Waals surface area (Å²) in [5, 5.41) is 9.26. The second kappa shape index (κ2) is 6.13. The number of primary sulfonamides is 1. The number of aromatic nitrogens is 3. The number of hydrogen-bond acceptors (Lipinski definition) is 6. The average molecular weight is 376 g/mol. The standard InChI is InChI=1S/C18H24N4O3S/c1-18(2)14(12-8-9-13(20-10-12)26(19,23)24)15(18)16-21-17(25-22-16)11-6-4-3-5-7-11/h8-11,14-15H,3-7H2,1-2H3,(H2,19,23,24). The smallest absolute Gasteiger partial charge is 0.255 e. The van der Waals surface area contributed by atoms with Crippen LogP contribution < -0.4 is 5.14 Å². The number of nitrogens with two attached hydrogens (primary N) is 1. The van der Waals surface area contributed by atoms with Gasteiger partial charge in [-0.15, -0.1) is 0 Å². The van der Waals surface area contributed by atoms with Crippen LogP contribution in [0.1, 0.15) is 81.0 Å². The van der Waals surface area contributed by atoms with Crippen LogP contribution in [0.15, 0.2) is 27.9 Å². The summed E-state index contributed by atoms with van der Waals surface area (Å²) in [6, 6.07) is 3.24. The summed E-state index contributed by atoms with van der Waals surface area (Å²) in [4.78, 5) is 8.72. The lowest BCUT2D eigenvalue weighted by molar-refractivity contribution is 0.311. The molecule has 4 rings (SSSR count). The van der Waals surface area contributed by atoms with Crippen molar-refractivity contribution in [2.45, 2.75) is 68.7 Å². The molecule has 2 heterocycles. The molecule has 8 heteroatoms. The predicted molar refractivity (Wildman–Crippen MR) is 95.0 cm³/mol. The quantitative estimate of drug-likeness (QED) is 0.877. The molecular weight excluding hydrogens is 352 g/mol. The molecule has 2 aromatic heterocycles. The molecule has 2 N–H and O–H groups in total. The molecule has 26 heavy (non-hydrogen) atoms. The van der Waals surface area contributed by atoms with E-state index in [9.17, 15) is 8.42 Å². The van der Waals surface area contributed by atoms with Crippen molar-refractivity contribution in [2.24, 2.45) is 10.6 Å². The third kappa shape index (κ3) is 3.05. The van der Waals surface area contributed by atoms with Crippen molar-refractivity contribution < 1.29 is 12.9 Å². The molecule has 0 saturated heterocycles. The van der Waals surface area contributed by atoms with Crippen molar-refractivity contribution in [3.8, 4) is 0 Å². The summed E-state index contributed by atoms with van der Waals surface area (Å²) in [7, 11) is -3.78. The highest BCUT2D eigenvalue weighted by molar-refractivity contribution is 7.89. The molecule has 2 fully saturated rings. The van der Waals surface area contributed by atoms with Crippen molar-refractivity contribution in [2.75, 3.05) is 0 Å². The van der Waals surface area contributed by atoms with Gasteiger partial charge in [0.15, 0.2) is 10.9 Å². The molecule has 2 aliphatic rings. The first-order valence-corrected chi connectivity index (χ1v) is 10.7. The Labute approximate surface area is 153 Å². The Morgan fingerprint density at radius 2 is 1.88 bits per heavy atom. The van der Waals surface area contributed by atoms with Gasteiger partial charge in [-0.2, -0.15) is 4.98 Å². The van der Waals surface area contributed by atoms with E-state index in [1.165, 1.54) is 25.3 Å². The van der Waals surface area contributed by atoms with Crippen LogP contribution in [0.25, 0.3) is 0 Å². The van der Waals surface area contributed by atoms with Crippen molar-refractivity contribution in [3.63, 3.8) is 0 Å². The maximum absolute atomic E-state index is 11.4. The molecule has 7 nitrogen and oxygen atoms in total. The fourth-order valence-electron chi connectivity index (χ4n) is 4.37. The first kappa shape index (κ1) is 17.6. The summed E-state index contributed by atoms with van der Waals surface area (Å²) in [5.74, 6) is 2.23. The van der Waals surface area contributed by atoms with E-state index >= 15 is 0 Å². The molecule has 0 aromatic carbocycles. The van der Waals surface area contributed by atoms with Crippen LogP contribution in [0.4, 0.5) is 0 Å².